The van der Waals surface area contributed by atoms with E-state index in [2.05, 4.69) is 10.6 Å². The fourth-order valence-electron chi connectivity index (χ4n) is 1.88. The molecule has 0 saturated heterocycles. The van der Waals surface area contributed by atoms with Gasteiger partial charge in [0, 0.05) is 6.54 Å². The van der Waals surface area contributed by atoms with Crippen molar-refractivity contribution < 1.29 is 19.1 Å². The molecule has 0 radical (unpaired) electrons. The molecular weight excluding hydrogens is 299 g/mol. The number of hydrogen-bond donors (Lipinski definition) is 3. The second-order valence-corrected chi connectivity index (χ2v) is 5.13. The van der Waals surface area contributed by atoms with E-state index in [0.29, 0.717) is 12.8 Å². The Morgan fingerprint density at radius 3 is 2.43 bits per heavy atom. The lowest BCUT2D eigenvalue weighted by Crippen LogP contribution is -2.43. The predicted molar refractivity (Wildman–Crippen MR) is 79.1 cm³/mol. The molecule has 1 aromatic rings. The van der Waals surface area contributed by atoms with E-state index in [-0.39, 0.29) is 17.3 Å². The number of hydrogen-bond acceptors (Lipinski definition) is 2. The van der Waals surface area contributed by atoms with E-state index >= 15 is 0 Å². The van der Waals surface area contributed by atoms with Gasteiger partial charge in [-0.05, 0) is 31.0 Å². The minimum Gasteiger partial charge on any atom is -0.481 e. The van der Waals surface area contributed by atoms with E-state index in [1.807, 2.05) is 0 Å². The molecule has 0 aliphatic carbocycles. The number of aliphatic carboxylic acids is 1. The number of carboxylic acid groups (broad SMARTS) is 1. The third kappa shape index (κ3) is 4.32. The monoisotopic (exact) mass is 316 g/mol. The van der Waals surface area contributed by atoms with Gasteiger partial charge in [-0.15, -0.1) is 0 Å². The Morgan fingerprint density at radius 2 is 1.95 bits per heavy atom. The zero-order valence-electron chi connectivity index (χ0n) is 11.9. The average Bonchev–Trinajstić information content (AvgIpc) is 2.43. The van der Waals surface area contributed by atoms with Gasteiger partial charge in [-0.3, -0.25) is 4.79 Å². The minimum absolute atomic E-state index is 0.0000194. The lowest BCUT2D eigenvalue weighted by molar-refractivity contribution is -0.149. The number of carbonyl (C=O) groups excluding carboxylic acids is 1. The summed E-state index contributed by atoms with van der Waals surface area (Å²) < 4.78 is 12.9. The second kappa shape index (κ2) is 7.26. The van der Waals surface area contributed by atoms with Crippen LogP contribution in [-0.4, -0.2) is 23.7 Å². The van der Waals surface area contributed by atoms with E-state index in [1.165, 1.54) is 12.1 Å². The molecule has 0 bridgehead atoms. The maximum atomic E-state index is 12.9. The van der Waals surface area contributed by atoms with Crippen molar-refractivity contribution in [3.05, 3.63) is 29.0 Å². The molecule has 0 heterocycles. The molecule has 0 aliphatic heterocycles. The molecule has 2 amide bonds. The number of anilines is 1. The number of amides is 2. The molecule has 0 fully saturated rings. The number of nitrogens with one attached hydrogen (secondary N) is 2. The van der Waals surface area contributed by atoms with Crippen molar-refractivity contribution in [3.8, 4) is 0 Å². The van der Waals surface area contributed by atoms with Gasteiger partial charge in [0.2, 0.25) is 0 Å². The Balaban J connectivity index is 2.67. The number of halogens is 2. The molecule has 0 unspecified atom stereocenters. The van der Waals surface area contributed by atoms with Crippen LogP contribution in [0.2, 0.25) is 5.02 Å². The topological polar surface area (TPSA) is 78.4 Å². The van der Waals surface area contributed by atoms with Crippen LogP contribution in [-0.2, 0) is 4.79 Å². The van der Waals surface area contributed by atoms with Crippen LogP contribution in [0.15, 0.2) is 18.2 Å². The smallest absolute Gasteiger partial charge is 0.319 e. The van der Waals surface area contributed by atoms with Crippen LogP contribution in [0.25, 0.3) is 0 Å². The van der Waals surface area contributed by atoms with Gasteiger partial charge in [0.25, 0.3) is 0 Å². The van der Waals surface area contributed by atoms with Gasteiger partial charge >= 0.3 is 12.0 Å². The Morgan fingerprint density at radius 1 is 1.33 bits per heavy atom. The van der Waals surface area contributed by atoms with Gasteiger partial charge in [0.15, 0.2) is 0 Å². The van der Waals surface area contributed by atoms with Crippen molar-refractivity contribution >= 4 is 29.3 Å². The van der Waals surface area contributed by atoms with Crippen LogP contribution < -0.4 is 10.6 Å². The Labute approximate surface area is 127 Å². The summed E-state index contributed by atoms with van der Waals surface area (Å²) >= 11 is 5.79. The van der Waals surface area contributed by atoms with Gasteiger partial charge in [-0.2, -0.15) is 0 Å². The fraction of sp³-hybridized carbons (Fsp3) is 0.429. The van der Waals surface area contributed by atoms with Gasteiger partial charge < -0.3 is 15.7 Å². The molecule has 116 valence electrons. The molecule has 0 saturated carbocycles. The van der Waals surface area contributed by atoms with Gasteiger partial charge in [0.05, 0.1) is 16.1 Å². The van der Waals surface area contributed by atoms with E-state index in [1.54, 1.807) is 13.8 Å². The summed E-state index contributed by atoms with van der Waals surface area (Å²) in [5.41, 5.74) is -0.742. The molecule has 1 aromatic carbocycles. The van der Waals surface area contributed by atoms with Gasteiger partial charge in [-0.25, -0.2) is 9.18 Å². The molecule has 0 aromatic heterocycles. The van der Waals surface area contributed by atoms with Crippen LogP contribution in [0.4, 0.5) is 14.9 Å². The van der Waals surface area contributed by atoms with Crippen LogP contribution in [0.5, 0.6) is 0 Å². The largest absolute Gasteiger partial charge is 0.481 e. The fourth-order valence-corrected chi connectivity index (χ4v) is 2.10. The third-order valence-corrected chi connectivity index (χ3v) is 3.89. The lowest BCUT2D eigenvalue weighted by Gasteiger charge is -2.26. The standard InChI is InChI=1S/C14H18ClFN2O3/c1-3-14(4-2,12(19)20)8-17-13(21)18-11-6-5-9(16)7-10(11)15/h5-7H,3-4,8H2,1-2H3,(H,19,20)(H2,17,18,21). The van der Waals surface area contributed by atoms with Crippen molar-refractivity contribution in [2.45, 2.75) is 26.7 Å². The Hall–Kier alpha value is -1.82. The first-order chi connectivity index (χ1) is 9.84. The zero-order valence-corrected chi connectivity index (χ0v) is 12.6. The van der Waals surface area contributed by atoms with Crippen LogP contribution in [0, 0.1) is 11.2 Å². The van der Waals surface area contributed by atoms with Gasteiger partial charge in [0.1, 0.15) is 5.82 Å². The van der Waals surface area contributed by atoms with Crippen molar-refractivity contribution in [2.24, 2.45) is 5.41 Å². The van der Waals surface area contributed by atoms with E-state index in [4.69, 9.17) is 11.6 Å². The summed E-state index contributed by atoms with van der Waals surface area (Å²) in [5, 5.41) is 14.3. The molecule has 5 nitrogen and oxygen atoms in total. The zero-order chi connectivity index (χ0) is 16.0. The number of benzene rings is 1. The molecular formula is C14H18ClFN2O3. The van der Waals surface area contributed by atoms with E-state index in [9.17, 15) is 19.1 Å². The van der Waals surface area contributed by atoms with Crippen LogP contribution >= 0.6 is 11.6 Å². The quantitative estimate of drug-likeness (QED) is 0.751. The maximum absolute atomic E-state index is 12.9. The summed E-state index contributed by atoms with van der Waals surface area (Å²) in [7, 11) is 0. The summed E-state index contributed by atoms with van der Waals surface area (Å²) in [4.78, 5) is 23.1. The van der Waals surface area contributed by atoms with Crippen LogP contribution in [0.1, 0.15) is 26.7 Å². The molecule has 0 spiro atoms. The van der Waals surface area contributed by atoms with Gasteiger partial charge in [-0.1, -0.05) is 25.4 Å². The first-order valence-corrected chi connectivity index (χ1v) is 6.95. The van der Waals surface area contributed by atoms with Crippen molar-refractivity contribution in [1.29, 1.82) is 0 Å². The van der Waals surface area contributed by atoms with Crippen molar-refractivity contribution in [2.75, 3.05) is 11.9 Å². The molecule has 21 heavy (non-hydrogen) atoms. The molecule has 7 heteroatoms. The lowest BCUT2D eigenvalue weighted by atomic mass is 9.82. The van der Waals surface area contributed by atoms with E-state index in [0.717, 1.165) is 6.07 Å². The summed E-state index contributed by atoms with van der Waals surface area (Å²) in [6.07, 6.45) is 0.798. The Bertz CT molecular complexity index is 533. The minimum atomic E-state index is -0.996. The number of carboxylic acids is 1. The van der Waals surface area contributed by atoms with Crippen molar-refractivity contribution in [3.63, 3.8) is 0 Å². The SMILES string of the molecule is CCC(CC)(CNC(=O)Nc1ccc(F)cc1Cl)C(=O)O. The predicted octanol–water partition coefficient (Wildman–Crippen LogP) is 3.49. The molecule has 1 rings (SSSR count). The number of urea groups is 1. The first kappa shape index (κ1) is 17.2. The highest BCUT2D eigenvalue weighted by Crippen LogP contribution is 2.26. The molecule has 3 N–H and O–H groups in total. The highest BCUT2D eigenvalue weighted by atomic mass is 35.5. The molecule has 0 aliphatic rings. The summed E-state index contributed by atoms with van der Waals surface area (Å²) in [5.74, 6) is -1.46. The maximum Gasteiger partial charge on any atom is 0.319 e. The van der Waals surface area contributed by atoms with E-state index < -0.39 is 23.2 Å². The number of rotatable bonds is 6. The van der Waals surface area contributed by atoms with Crippen LogP contribution in [0.3, 0.4) is 0 Å². The summed E-state index contributed by atoms with van der Waals surface area (Å²) in [6.45, 7) is 3.52. The third-order valence-electron chi connectivity index (χ3n) is 3.57. The Kier molecular flexibility index (Phi) is 5.96. The highest BCUT2D eigenvalue weighted by Gasteiger charge is 2.35. The number of carbonyl (C=O) groups is 2. The normalized spacial score (nSPS) is 11.0. The molecule has 0 atom stereocenters. The second-order valence-electron chi connectivity index (χ2n) is 4.72. The highest BCUT2D eigenvalue weighted by molar-refractivity contribution is 6.33. The average molecular weight is 317 g/mol. The first-order valence-electron chi connectivity index (χ1n) is 6.58. The summed E-state index contributed by atoms with van der Waals surface area (Å²) in [6, 6.07) is 3.00. The van der Waals surface area contributed by atoms with Crippen molar-refractivity contribution in [1.82, 2.24) is 5.32 Å².